The number of amides is 1. The predicted molar refractivity (Wildman–Crippen MR) is 105 cm³/mol. The fourth-order valence-corrected chi connectivity index (χ4v) is 2.92. The summed E-state index contributed by atoms with van der Waals surface area (Å²) in [5.41, 5.74) is 3.10. The topological polar surface area (TPSA) is 75.1 Å². The van der Waals surface area contributed by atoms with Crippen LogP contribution in [0.4, 0.5) is 13.2 Å². The van der Waals surface area contributed by atoms with E-state index in [1.165, 1.54) is 18.3 Å². The molecule has 0 fully saturated rings. The van der Waals surface area contributed by atoms with Crippen molar-refractivity contribution < 1.29 is 23.1 Å². The molecule has 3 rings (SSSR count). The predicted octanol–water partition coefficient (Wildman–Crippen LogP) is 3.29. The number of alkyl halides is 2. The molecule has 0 aliphatic rings. The molecule has 0 spiro atoms. The fourth-order valence-electron chi connectivity index (χ4n) is 2.92. The van der Waals surface area contributed by atoms with Gasteiger partial charge in [-0.2, -0.15) is 0 Å². The lowest BCUT2D eigenvalue weighted by atomic mass is 10.1. The first-order valence-electron chi connectivity index (χ1n) is 9.29. The summed E-state index contributed by atoms with van der Waals surface area (Å²) in [5, 5.41) is 11.3. The fraction of sp³-hybridized carbons (Fsp3) is 0.227. The molecule has 3 aromatic rings. The number of aromatic nitrogens is 2. The number of rotatable bonds is 8. The molecular weight excluding hydrogens is 395 g/mol. The normalized spacial score (nSPS) is 11.0. The third kappa shape index (κ3) is 5.87. The monoisotopic (exact) mass is 415 g/mol. The van der Waals surface area contributed by atoms with Crippen molar-refractivity contribution in [2.24, 2.45) is 0 Å². The van der Waals surface area contributed by atoms with Crippen molar-refractivity contribution in [2.45, 2.75) is 25.8 Å². The van der Waals surface area contributed by atoms with Gasteiger partial charge in [0.15, 0.2) is 0 Å². The Morgan fingerprint density at radius 3 is 2.47 bits per heavy atom. The van der Waals surface area contributed by atoms with Crippen LogP contribution in [0.3, 0.4) is 0 Å². The van der Waals surface area contributed by atoms with Gasteiger partial charge in [-0.3, -0.25) is 9.78 Å². The second-order valence-electron chi connectivity index (χ2n) is 6.69. The minimum atomic E-state index is -2.53. The van der Waals surface area contributed by atoms with Crippen LogP contribution in [-0.4, -0.2) is 34.0 Å². The smallest absolute Gasteiger partial charge is 0.245 e. The minimum absolute atomic E-state index is 0.0914. The number of nitrogens with one attached hydrogen (secondary N) is 1. The van der Waals surface area contributed by atoms with Crippen molar-refractivity contribution >= 4 is 5.91 Å². The van der Waals surface area contributed by atoms with Crippen LogP contribution in [0.5, 0.6) is 0 Å². The Morgan fingerprint density at radius 1 is 1.03 bits per heavy atom. The van der Waals surface area contributed by atoms with Crippen LogP contribution in [0.2, 0.25) is 0 Å². The summed E-state index contributed by atoms with van der Waals surface area (Å²) in [5.74, 6) is -0.988. The molecule has 0 radical (unpaired) electrons. The van der Waals surface area contributed by atoms with Gasteiger partial charge >= 0.3 is 0 Å². The van der Waals surface area contributed by atoms with E-state index in [0.29, 0.717) is 24.2 Å². The third-order valence-electron chi connectivity index (χ3n) is 4.40. The number of carbonyl (C=O) groups is 1. The van der Waals surface area contributed by atoms with Crippen LogP contribution in [0.25, 0.3) is 11.3 Å². The summed E-state index contributed by atoms with van der Waals surface area (Å²) >= 11 is 0. The van der Waals surface area contributed by atoms with Crippen LogP contribution in [-0.2, 0) is 24.2 Å². The molecule has 5 nitrogen and oxygen atoms in total. The van der Waals surface area contributed by atoms with Crippen molar-refractivity contribution in [3.8, 4) is 11.3 Å². The zero-order chi connectivity index (χ0) is 21.5. The number of halogens is 3. The molecular formula is C22H20F3N3O2. The van der Waals surface area contributed by atoms with Gasteiger partial charge in [0, 0.05) is 36.1 Å². The van der Waals surface area contributed by atoms with E-state index < -0.39 is 31.2 Å². The second-order valence-corrected chi connectivity index (χ2v) is 6.69. The van der Waals surface area contributed by atoms with Gasteiger partial charge in [0.25, 0.3) is 0 Å². The lowest BCUT2D eigenvalue weighted by Crippen LogP contribution is -2.25. The first-order chi connectivity index (χ1) is 14.4. The number of hydrogen-bond donors (Lipinski definition) is 2. The quantitative estimate of drug-likeness (QED) is 0.592. The zero-order valence-electron chi connectivity index (χ0n) is 16.0. The largest absolute Gasteiger partial charge is 0.387 e. The summed E-state index contributed by atoms with van der Waals surface area (Å²) in [6.07, 6.45) is -1.21. The van der Waals surface area contributed by atoms with Crippen LogP contribution in [0.15, 0.2) is 54.7 Å². The summed E-state index contributed by atoms with van der Waals surface area (Å²) in [6, 6.07) is 13.3. The Morgan fingerprint density at radius 2 is 1.77 bits per heavy atom. The van der Waals surface area contributed by atoms with Crippen molar-refractivity contribution in [1.29, 1.82) is 0 Å². The number of pyridine rings is 2. The Bertz CT molecular complexity index is 1010. The Kier molecular flexibility index (Phi) is 7.13. The van der Waals surface area contributed by atoms with Crippen molar-refractivity contribution in [1.82, 2.24) is 15.3 Å². The summed E-state index contributed by atoms with van der Waals surface area (Å²) in [4.78, 5) is 19.4. The molecule has 0 unspecified atom stereocenters. The number of nitrogens with zero attached hydrogens (tertiary/aromatic N) is 2. The van der Waals surface area contributed by atoms with Gasteiger partial charge in [0.2, 0.25) is 12.3 Å². The van der Waals surface area contributed by atoms with Gasteiger partial charge in [-0.1, -0.05) is 24.3 Å². The molecule has 2 heterocycles. The van der Waals surface area contributed by atoms with Crippen LogP contribution in [0.1, 0.15) is 22.5 Å². The maximum Gasteiger partial charge on any atom is 0.245 e. The summed E-state index contributed by atoms with van der Waals surface area (Å²) in [6.45, 7) is -0.251. The molecule has 0 atom stereocenters. The highest BCUT2D eigenvalue weighted by molar-refractivity contribution is 5.76. The molecule has 0 aliphatic carbocycles. The Balaban J connectivity index is 1.75. The SMILES string of the molecule is O=C(CO)NCc1ccc(Cc2ccc(F)c(-c3ccnc(CC(F)F)c3)n2)cc1. The average molecular weight is 415 g/mol. The first-order valence-corrected chi connectivity index (χ1v) is 9.29. The van der Waals surface area contributed by atoms with Gasteiger partial charge in [-0.05, 0) is 35.4 Å². The van der Waals surface area contributed by atoms with Gasteiger partial charge in [-0.25, -0.2) is 18.2 Å². The maximum absolute atomic E-state index is 14.3. The van der Waals surface area contributed by atoms with Gasteiger partial charge < -0.3 is 10.4 Å². The van der Waals surface area contributed by atoms with E-state index in [1.807, 2.05) is 24.3 Å². The van der Waals surface area contributed by atoms with Crippen molar-refractivity contribution in [3.05, 3.63) is 83.1 Å². The van der Waals surface area contributed by atoms with E-state index in [9.17, 15) is 18.0 Å². The molecule has 156 valence electrons. The van der Waals surface area contributed by atoms with Gasteiger partial charge in [-0.15, -0.1) is 0 Å². The molecule has 0 saturated carbocycles. The van der Waals surface area contributed by atoms with E-state index in [-0.39, 0.29) is 11.4 Å². The number of carbonyl (C=O) groups excluding carboxylic acids is 1. The van der Waals surface area contributed by atoms with E-state index in [0.717, 1.165) is 11.1 Å². The molecule has 0 bridgehead atoms. The van der Waals surface area contributed by atoms with Gasteiger partial charge in [0.1, 0.15) is 18.1 Å². The number of hydrogen-bond acceptors (Lipinski definition) is 4. The summed E-state index contributed by atoms with van der Waals surface area (Å²) < 4.78 is 39.6. The third-order valence-corrected chi connectivity index (χ3v) is 4.40. The maximum atomic E-state index is 14.3. The highest BCUT2D eigenvalue weighted by Gasteiger charge is 2.12. The molecule has 1 amide bonds. The molecule has 2 N–H and O–H groups in total. The number of aliphatic hydroxyl groups is 1. The lowest BCUT2D eigenvalue weighted by Gasteiger charge is -2.09. The van der Waals surface area contributed by atoms with E-state index in [4.69, 9.17) is 5.11 Å². The molecule has 8 heteroatoms. The Hall–Kier alpha value is -3.26. The second kappa shape index (κ2) is 9.98. The van der Waals surface area contributed by atoms with Crippen LogP contribution in [0, 0.1) is 5.82 Å². The van der Waals surface area contributed by atoms with E-state index in [2.05, 4.69) is 15.3 Å². The Labute approximate surface area is 171 Å². The number of aliphatic hydroxyl groups excluding tert-OH is 1. The lowest BCUT2D eigenvalue weighted by molar-refractivity contribution is -0.123. The minimum Gasteiger partial charge on any atom is -0.387 e. The molecule has 1 aromatic carbocycles. The molecule has 30 heavy (non-hydrogen) atoms. The van der Waals surface area contributed by atoms with Crippen LogP contribution >= 0.6 is 0 Å². The van der Waals surface area contributed by atoms with Gasteiger partial charge in [0.05, 0.1) is 6.42 Å². The zero-order valence-corrected chi connectivity index (χ0v) is 16.0. The first kappa shape index (κ1) is 21.4. The average Bonchev–Trinajstić information content (AvgIpc) is 2.74. The molecule has 2 aromatic heterocycles. The van der Waals surface area contributed by atoms with Crippen molar-refractivity contribution in [3.63, 3.8) is 0 Å². The number of benzene rings is 1. The van der Waals surface area contributed by atoms with Crippen molar-refractivity contribution in [2.75, 3.05) is 6.61 Å². The summed E-state index contributed by atoms with van der Waals surface area (Å²) in [7, 11) is 0. The van der Waals surface area contributed by atoms with Crippen LogP contribution < -0.4 is 5.32 Å². The van der Waals surface area contributed by atoms with E-state index in [1.54, 1.807) is 12.1 Å². The standard InChI is InChI=1S/C22H20F3N3O2/c23-19-6-5-17(9-14-1-3-15(4-2-14)12-27-21(30)13-29)28-22(19)16-7-8-26-18(10-16)11-20(24)25/h1-8,10,20,29H,9,11-13H2,(H,27,30). The highest BCUT2D eigenvalue weighted by Crippen LogP contribution is 2.23. The molecule has 0 saturated heterocycles. The highest BCUT2D eigenvalue weighted by atomic mass is 19.3. The van der Waals surface area contributed by atoms with E-state index >= 15 is 0 Å². The molecule has 0 aliphatic heterocycles.